The van der Waals surface area contributed by atoms with E-state index in [1.807, 2.05) is 25.7 Å². The molecule has 0 radical (unpaired) electrons. The molecule has 19 heavy (non-hydrogen) atoms. The second kappa shape index (κ2) is 9.28. The van der Waals surface area contributed by atoms with Gasteiger partial charge in [-0.15, -0.1) is 0 Å². The van der Waals surface area contributed by atoms with Crippen molar-refractivity contribution in [2.24, 2.45) is 0 Å². The zero-order chi connectivity index (χ0) is 14.1. The number of ether oxygens (including phenoxy) is 2. The fourth-order valence-electron chi connectivity index (χ4n) is 2.08. The Morgan fingerprint density at radius 1 is 1.11 bits per heavy atom. The molecule has 0 spiro atoms. The van der Waals surface area contributed by atoms with Crippen LogP contribution in [0.2, 0.25) is 0 Å². The van der Waals surface area contributed by atoms with E-state index in [-0.39, 0.29) is 12.0 Å². The van der Waals surface area contributed by atoms with Gasteiger partial charge in [0.25, 0.3) is 0 Å². The molecule has 112 valence electrons. The zero-order valence-corrected chi connectivity index (χ0v) is 12.6. The highest BCUT2D eigenvalue weighted by Gasteiger charge is 2.19. The molecule has 1 fully saturated rings. The van der Waals surface area contributed by atoms with Gasteiger partial charge in [0.1, 0.15) is 0 Å². The third-order valence-electron chi connectivity index (χ3n) is 3.26. The van der Waals surface area contributed by atoms with Crippen molar-refractivity contribution in [3.05, 3.63) is 0 Å². The van der Waals surface area contributed by atoms with Gasteiger partial charge in [0.05, 0.1) is 25.9 Å². The van der Waals surface area contributed by atoms with Gasteiger partial charge in [-0.3, -0.25) is 9.69 Å². The second-order valence-corrected chi connectivity index (χ2v) is 5.11. The normalized spacial score (nSPS) is 17.2. The number of piperazine rings is 1. The smallest absolute Gasteiger partial charge is 0.222 e. The number of nitrogens with zero attached hydrogens (tertiary/aromatic N) is 2. The van der Waals surface area contributed by atoms with Crippen molar-refractivity contribution in [3.63, 3.8) is 0 Å². The number of rotatable bonds is 8. The number of hydrogen-bond acceptors (Lipinski definition) is 4. The minimum absolute atomic E-state index is 0.265. The van der Waals surface area contributed by atoms with Gasteiger partial charge in [0.15, 0.2) is 0 Å². The Kier molecular flexibility index (Phi) is 8.02. The highest BCUT2D eigenvalue weighted by Crippen LogP contribution is 2.03. The van der Waals surface area contributed by atoms with Crippen molar-refractivity contribution in [1.82, 2.24) is 9.80 Å². The average Bonchev–Trinajstić information content (AvgIpc) is 2.42. The Balaban J connectivity index is 1.99. The van der Waals surface area contributed by atoms with Crippen LogP contribution in [0.1, 0.15) is 27.2 Å². The van der Waals surface area contributed by atoms with E-state index in [9.17, 15) is 4.79 Å². The second-order valence-electron chi connectivity index (χ2n) is 5.11. The van der Waals surface area contributed by atoms with Gasteiger partial charge in [0.2, 0.25) is 5.91 Å². The molecule has 0 saturated carbocycles. The first kappa shape index (κ1) is 16.4. The lowest BCUT2D eigenvalue weighted by molar-refractivity contribution is -0.132. The molecule has 0 aromatic heterocycles. The third kappa shape index (κ3) is 6.89. The summed E-state index contributed by atoms with van der Waals surface area (Å²) in [6.07, 6.45) is 0.881. The lowest BCUT2D eigenvalue weighted by Gasteiger charge is -2.34. The predicted octanol–water partition coefficient (Wildman–Crippen LogP) is 0.982. The van der Waals surface area contributed by atoms with Crippen molar-refractivity contribution >= 4 is 5.91 Å². The van der Waals surface area contributed by atoms with Crippen molar-refractivity contribution in [2.75, 3.05) is 52.5 Å². The van der Waals surface area contributed by atoms with E-state index < -0.39 is 0 Å². The highest BCUT2D eigenvalue weighted by atomic mass is 16.5. The maximum absolute atomic E-state index is 11.5. The zero-order valence-electron chi connectivity index (χ0n) is 12.6. The van der Waals surface area contributed by atoms with E-state index in [2.05, 4.69) is 4.90 Å². The third-order valence-corrected chi connectivity index (χ3v) is 3.26. The van der Waals surface area contributed by atoms with Gasteiger partial charge in [-0.2, -0.15) is 0 Å². The van der Waals surface area contributed by atoms with Gasteiger partial charge >= 0.3 is 0 Å². The molecule has 0 aliphatic carbocycles. The number of carbonyl (C=O) groups excluding carboxylic acids is 1. The molecule has 0 aromatic rings. The number of hydrogen-bond donors (Lipinski definition) is 0. The molecule has 1 aliphatic rings. The monoisotopic (exact) mass is 272 g/mol. The Morgan fingerprint density at radius 2 is 1.79 bits per heavy atom. The van der Waals surface area contributed by atoms with Crippen LogP contribution in [0.4, 0.5) is 0 Å². The Bertz CT molecular complexity index is 251. The van der Waals surface area contributed by atoms with Crippen molar-refractivity contribution in [2.45, 2.75) is 33.3 Å². The van der Waals surface area contributed by atoms with Crippen LogP contribution < -0.4 is 0 Å². The van der Waals surface area contributed by atoms with Gasteiger partial charge in [0, 0.05) is 39.1 Å². The molecule has 1 rings (SSSR count). The van der Waals surface area contributed by atoms with Crippen molar-refractivity contribution < 1.29 is 14.3 Å². The summed E-state index contributed by atoms with van der Waals surface area (Å²) in [4.78, 5) is 15.8. The lowest BCUT2D eigenvalue weighted by Crippen LogP contribution is -2.49. The molecule has 5 heteroatoms. The molecular formula is C14H28N2O3. The molecule has 1 saturated heterocycles. The Labute approximate surface area is 116 Å². The lowest BCUT2D eigenvalue weighted by atomic mass is 10.3. The molecule has 0 unspecified atom stereocenters. The molecule has 1 heterocycles. The Hall–Kier alpha value is -0.650. The number of carbonyl (C=O) groups is 1. The summed E-state index contributed by atoms with van der Waals surface area (Å²) in [6, 6.07) is 0. The van der Waals surface area contributed by atoms with E-state index >= 15 is 0 Å². The quantitative estimate of drug-likeness (QED) is 0.618. The summed E-state index contributed by atoms with van der Waals surface area (Å²) in [7, 11) is 0. The van der Waals surface area contributed by atoms with Gasteiger partial charge in [-0.1, -0.05) is 6.92 Å². The highest BCUT2D eigenvalue weighted by molar-refractivity contribution is 5.75. The van der Waals surface area contributed by atoms with Crippen LogP contribution in [0.5, 0.6) is 0 Å². The van der Waals surface area contributed by atoms with Crippen LogP contribution >= 0.6 is 0 Å². The Morgan fingerprint density at radius 3 is 2.37 bits per heavy atom. The van der Waals surface area contributed by atoms with Crippen LogP contribution in [-0.2, 0) is 14.3 Å². The first-order valence-electron chi connectivity index (χ1n) is 7.33. The fraction of sp³-hybridized carbons (Fsp3) is 0.929. The summed E-state index contributed by atoms with van der Waals surface area (Å²) >= 11 is 0. The van der Waals surface area contributed by atoms with Gasteiger partial charge in [-0.05, 0) is 13.8 Å². The molecule has 0 aromatic carbocycles. The largest absolute Gasteiger partial charge is 0.378 e. The minimum Gasteiger partial charge on any atom is -0.378 e. The van der Waals surface area contributed by atoms with E-state index in [0.29, 0.717) is 19.6 Å². The minimum atomic E-state index is 0.265. The van der Waals surface area contributed by atoms with Crippen molar-refractivity contribution in [1.29, 1.82) is 0 Å². The van der Waals surface area contributed by atoms with Crippen LogP contribution in [0.25, 0.3) is 0 Å². The average molecular weight is 272 g/mol. The standard InChI is InChI=1S/C14H28N2O3/c1-4-14(17)16-7-5-15(6-8-16)9-10-18-11-12-19-13(2)3/h13H,4-12H2,1-3H3. The maximum Gasteiger partial charge on any atom is 0.222 e. The van der Waals surface area contributed by atoms with Crippen LogP contribution in [0.3, 0.4) is 0 Å². The molecule has 5 nitrogen and oxygen atoms in total. The molecule has 0 bridgehead atoms. The molecular weight excluding hydrogens is 244 g/mol. The van der Waals surface area contributed by atoms with Crippen LogP contribution in [-0.4, -0.2) is 74.4 Å². The topological polar surface area (TPSA) is 42.0 Å². The van der Waals surface area contributed by atoms with Crippen LogP contribution in [0, 0.1) is 0 Å². The first-order chi connectivity index (χ1) is 9.13. The summed E-state index contributed by atoms with van der Waals surface area (Å²) in [5, 5.41) is 0. The summed E-state index contributed by atoms with van der Waals surface area (Å²) in [6.45, 7) is 12.6. The van der Waals surface area contributed by atoms with Crippen LogP contribution in [0.15, 0.2) is 0 Å². The van der Waals surface area contributed by atoms with Crippen molar-refractivity contribution in [3.8, 4) is 0 Å². The van der Waals surface area contributed by atoms with E-state index in [1.54, 1.807) is 0 Å². The molecule has 1 amide bonds. The van der Waals surface area contributed by atoms with E-state index in [4.69, 9.17) is 9.47 Å². The maximum atomic E-state index is 11.5. The summed E-state index contributed by atoms with van der Waals surface area (Å²) in [5.41, 5.74) is 0. The summed E-state index contributed by atoms with van der Waals surface area (Å²) < 4.78 is 10.9. The van der Waals surface area contributed by atoms with Gasteiger partial charge < -0.3 is 14.4 Å². The number of amides is 1. The molecule has 0 N–H and O–H groups in total. The first-order valence-corrected chi connectivity index (χ1v) is 7.33. The SMILES string of the molecule is CCC(=O)N1CCN(CCOCCOC(C)C)CC1. The van der Waals surface area contributed by atoms with Gasteiger partial charge in [-0.25, -0.2) is 0 Å². The van der Waals surface area contributed by atoms with E-state index in [0.717, 1.165) is 39.3 Å². The predicted molar refractivity (Wildman–Crippen MR) is 75.2 cm³/mol. The summed E-state index contributed by atoms with van der Waals surface area (Å²) in [5.74, 6) is 0.265. The fourth-order valence-corrected chi connectivity index (χ4v) is 2.08. The molecule has 0 atom stereocenters. The molecule has 1 aliphatic heterocycles. The van der Waals surface area contributed by atoms with E-state index in [1.165, 1.54) is 0 Å².